The van der Waals surface area contributed by atoms with Crippen LogP contribution in [0.5, 0.6) is 0 Å². The lowest BCUT2D eigenvalue weighted by Gasteiger charge is -2.14. The molecule has 1 aromatic rings. The Labute approximate surface area is 106 Å². The summed E-state index contributed by atoms with van der Waals surface area (Å²) in [6.45, 7) is 0. The Morgan fingerprint density at radius 3 is 2.56 bits per heavy atom. The predicted octanol–water partition coefficient (Wildman–Crippen LogP) is 3.21. The zero-order valence-corrected chi connectivity index (χ0v) is 10.2. The normalized spacial score (nSPS) is 15.9. The molecule has 0 radical (unpaired) electrons. The lowest BCUT2D eigenvalue weighted by molar-refractivity contribution is -0.116. The van der Waals surface area contributed by atoms with Crippen molar-refractivity contribution in [3.63, 3.8) is 0 Å². The Morgan fingerprint density at radius 2 is 1.89 bits per heavy atom. The Hall–Kier alpha value is -1.90. The molecule has 1 N–H and O–H groups in total. The van der Waals surface area contributed by atoms with E-state index in [4.69, 9.17) is 0 Å². The zero-order chi connectivity index (χ0) is 13.0. The second-order valence-electron chi connectivity index (χ2n) is 4.49. The lowest BCUT2D eigenvalue weighted by Crippen LogP contribution is -2.13. The number of carbonyl (C=O) groups excluding carboxylic acids is 2. The minimum absolute atomic E-state index is 0.00859. The van der Waals surface area contributed by atoms with Gasteiger partial charge in [-0.05, 0) is 12.8 Å². The molecular weight excluding hydrogens is 228 g/mol. The van der Waals surface area contributed by atoms with Gasteiger partial charge in [-0.3, -0.25) is 9.59 Å². The van der Waals surface area contributed by atoms with Gasteiger partial charge < -0.3 is 5.11 Å². The molecule has 3 nitrogen and oxygen atoms in total. The molecule has 3 heteroatoms. The molecule has 0 unspecified atom stereocenters. The van der Waals surface area contributed by atoms with E-state index in [2.05, 4.69) is 0 Å². The molecule has 0 spiro atoms. The molecule has 0 amide bonds. The molecule has 0 bridgehead atoms. The van der Waals surface area contributed by atoms with Gasteiger partial charge in [0, 0.05) is 30.4 Å². The average molecular weight is 244 g/mol. The monoisotopic (exact) mass is 244 g/mol. The highest BCUT2D eigenvalue weighted by atomic mass is 16.3. The van der Waals surface area contributed by atoms with Crippen molar-refractivity contribution in [2.45, 2.75) is 32.1 Å². The van der Waals surface area contributed by atoms with Gasteiger partial charge in [0.2, 0.25) is 0 Å². The van der Waals surface area contributed by atoms with Crippen LogP contribution in [0.1, 0.15) is 42.5 Å². The van der Waals surface area contributed by atoms with Crippen LogP contribution in [0.3, 0.4) is 0 Å². The van der Waals surface area contributed by atoms with E-state index in [0.717, 1.165) is 0 Å². The molecule has 1 aliphatic carbocycles. The van der Waals surface area contributed by atoms with Crippen LogP contribution >= 0.6 is 0 Å². The van der Waals surface area contributed by atoms with Crippen LogP contribution in [0.15, 0.2) is 41.7 Å². The molecule has 0 aliphatic heterocycles. The molecule has 18 heavy (non-hydrogen) atoms. The van der Waals surface area contributed by atoms with Crippen molar-refractivity contribution >= 4 is 11.6 Å². The fourth-order valence-corrected chi connectivity index (χ4v) is 2.17. The number of hydrogen-bond donors (Lipinski definition) is 1. The first-order valence-electron chi connectivity index (χ1n) is 6.21. The first-order valence-corrected chi connectivity index (χ1v) is 6.21. The summed E-state index contributed by atoms with van der Waals surface area (Å²) in [5.74, 6) is 0.168. The van der Waals surface area contributed by atoms with Crippen LogP contribution in [0.4, 0.5) is 0 Å². The molecule has 0 heterocycles. The van der Waals surface area contributed by atoms with E-state index in [9.17, 15) is 14.7 Å². The third-order valence-electron chi connectivity index (χ3n) is 3.20. The molecule has 1 aliphatic rings. The first kappa shape index (κ1) is 12.6. The van der Waals surface area contributed by atoms with E-state index in [1.807, 2.05) is 18.2 Å². The molecule has 0 saturated heterocycles. The fourth-order valence-electron chi connectivity index (χ4n) is 2.17. The highest BCUT2D eigenvalue weighted by molar-refractivity contribution is 5.99. The second-order valence-corrected chi connectivity index (χ2v) is 4.49. The Bertz CT molecular complexity index is 486. The zero-order valence-electron chi connectivity index (χ0n) is 10.2. The quantitative estimate of drug-likeness (QED) is 0.827. The van der Waals surface area contributed by atoms with E-state index >= 15 is 0 Å². The SMILES string of the molecule is O=C1CCCC(O)=C1CCC(=O)c1ccccc1. The minimum atomic E-state index is -0.0142. The third kappa shape index (κ3) is 2.86. The van der Waals surface area contributed by atoms with E-state index in [0.29, 0.717) is 36.8 Å². The minimum Gasteiger partial charge on any atom is -0.512 e. The molecule has 94 valence electrons. The van der Waals surface area contributed by atoms with E-state index < -0.39 is 0 Å². The van der Waals surface area contributed by atoms with Gasteiger partial charge >= 0.3 is 0 Å². The van der Waals surface area contributed by atoms with Crippen molar-refractivity contribution in [1.29, 1.82) is 0 Å². The molecule has 0 fully saturated rings. The molecule has 0 aromatic heterocycles. The Kier molecular flexibility index (Phi) is 3.92. The number of Topliss-reactive ketones (excluding diaryl/α,β-unsaturated/α-hetero) is 2. The van der Waals surface area contributed by atoms with Crippen LogP contribution in [0, 0.1) is 0 Å². The van der Waals surface area contributed by atoms with E-state index in [1.54, 1.807) is 12.1 Å². The average Bonchev–Trinajstić information content (AvgIpc) is 2.39. The van der Waals surface area contributed by atoms with Crippen LogP contribution in [0.25, 0.3) is 0 Å². The molecule has 1 aromatic carbocycles. The van der Waals surface area contributed by atoms with Crippen molar-refractivity contribution in [2.24, 2.45) is 0 Å². The molecule has 0 saturated carbocycles. The summed E-state index contributed by atoms with van der Waals surface area (Å²) in [5, 5.41) is 9.67. The largest absolute Gasteiger partial charge is 0.512 e. The number of aliphatic hydroxyl groups is 1. The van der Waals surface area contributed by atoms with Crippen LogP contribution < -0.4 is 0 Å². The van der Waals surface area contributed by atoms with Crippen LogP contribution in [0.2, 0.25) is 0 Å². The predicted molar refractivity (Wildman–Crippen MR) is 68.5 cm³/mol. The van der Waals surface area contributed by atoms with Gasteiger partial charge in [0.05, 0.1) is 5.76 Å². The highest BCUT2D eigenvalue weighted by Gasteiger charge is 2.20. The van der Waals surface area contributed by atoms with Crippen molar-refractivity contribution in [3.8, 4) is 0 Å². The van der Waals surface area contributed by atoms with Crippen molar-refractivity contribution in [1.82, 2.24) is 0 Å². The summed E-state index contributed by atoms with van der Waals surface area (Å²) >= 11 is 0. The summed E-state index contributed by atoms with van der Waals surface area (Å²) in [7, 11) is 0. The van der Waals surface area contributed by atoms with Gasteiger partial charge in [0.15, 0.2) is 11.6 Å². The number of ketones is 2. The number of hydrogen-bond acceptors (Lipinski definition) is 3. The summed E-state index contributed by atoms with van der Waals surface area (Å²) in [5.41, 5.74) is 1.10. The molecular formula is C15H16O3. The fraction of sp³-hybridized carbons (Fsp3) is 0.333. The van der Waals surface area contributed by atoms with E-state index in [-0.39, 0.29) is 23.7 Å². The first-order chi connectivity index (χ1) is 8.68. The highest BCUT2D eigenvalue weighted by Crippen LogP contribution is 2.24. The van der Waals surface area contributed by atoms with Crippen molar-refractivity contribution < 1.29 is 14.7 Å². The number of benzene rings is 1. The number of allylic oxidation sites excluding steroid dienone is 2. The summed E-state index contributed by atoms with van der Waals surface area (Å²) in [6.07, 6.45) is 2.37. The standard InChI is InChI=1S/C15H16O3/c16-13(11-5-2-1-3-6-11)10-9-12-14(17)7-4-8-15(12)18/h1-3,5-6,17H,4,7-10H2. The smallest absolute Gasteiger partial charge is 0.163 e. The maximum Gasteiger partial charge on any atom is 0.163 e. The summed E-state index contributed by atoms with van der Waals surface area (Å²) in [4.78, 5) is 23.5. The molecule has 2 rings (SSSR count). The number of rotatable bonds is 4. The van der Waals surface area contributed by atoms with Crippen LogP contribution in [-0.4, -0.2) is 16.7 Å². The third-order valence-corrected chi connectivity index (χ3v) is 3.20. The Morgan fingerprint density at radius 1 is 1.17 bits per heavy atom. The maximum absolute atomic E-state index is 11.9. The summed E-state index contributed by atoms with van der Waals surface area (Å²) < 4.78 is 0. The van der Waals surface area contributed by atoms with Gasteiger partial charge in [-0.2, -0.15) is 0 Å². The van der Waals surface area contributed by atoms with E-state index in [1.165, 1.54) is 0 Å². The van der Waals surface area contributed by atoms with Crippen LogP contribution in [-0.2, 0) is 4.79 Å². The van der Waals surface area contributed by atoms with Gasteiger partial charge in [0.1, 0.15) is 0 Å². The van der Waals surface area contributed by atoms with Crippen molar-refractivity contribution in [3.05, 3.63) is 47.2 Å². The lowest BCUT2D eigenvalue weighted by atomic mass is 9.91. The van der Waals surface area contributed by atoms with Gasteiger partial charge in [-0.15, -0.1) is 0 Å². The number of aliphatic hydroxyl groups excluding tert-OH is 1. The maximum atomic E-state index is 11.9. The second kappa shape index (κ2) is 5.63. The van der Waals surface area contributed by atoms with Gasteiger partial charge in [-0.1, -0.05) is 30.3 Å². The summed E-state index contributed by atoms with van der Waals surface area (Å²) in [6, 6.07) is 9.01. The Balaban J connectivity index is 2.00. The van der Waals surface area contributed by atoms with Crippen molar-refractivity contribution in [2.75, 3.05) is 0 Å². The molecule has 0 atom stereocenters. The van der Waals surface area contributed by atoms with Gasteiger partial charge in [-0.25, -0.2) is 0 Å². The number of carbonyl (C=O) groups is 2. The topological polar surface area (TPSA) is 54.4 Å². The van der Waals surface area contributed by atoms with Gasteiger partial charge in [0.25, 0.3) is 0 Å².